The summed E-state index contributed by atoms with van der Waals surface area (Å²) in [6, 6.07) is 10.3. The van der Waals surface area contributed by atoms with E-state index in [-0.39, 0.29) is 6.04 Å². The van der Waals surface area contributed by atoms with Crippen molar-refractivity contribution in [3.63, 3.8) is 0 Å². The van der Waals surface area contributed by atoms with Crippen LogP contribution in [0.1, 0.15) is 26.3 Å². The van der Waals surface area contributed by atoms with Gasteiger partial charge < -0.3 is 10.6 Å². The molecule has 2 N–H and O–H groups in total. The van der Waals surface area contributed by atoms with Crippen LogP contribution in [0.2, 0.25) is 0 Å². The first-order valence-corrected chi connectivity index (χ1v) is 6.34. The van der Waals surface area contributed by atoms with Gasteiger partial charge in [0.05, 0.1) is 0 Å². The molecule has 1 aromatic carbocycles. The molecule has 0 aliphatic carbocycles. The molecule has 1 atom stereocenters. The number of hydrogen-bond acceptors (Lipinski definition) is 2. The van der Waals surface area contributed by atoms with Crippen LogP contribution in [0, 0.1) is 0 Å². The molecule has 1 rings (SSSR count). The van der Waals surface area contributed by atoms with Gasteiger partial charge in [-0.3, -0.25) is 0 Å². The first-order chi connectivity index (χ1) is 8.15. The number of nitrogens with two attached hydrogens (primary N) is 1. The molecule has 0 aromatic heterocycles. The smallest absolute Gasteiger partial charge is 0.0481 e. The number of benzene rings is 1. The summed E-state index contributed by atoms with van der Waals surface area (Å²) in [4.78, 5) is 2.09. The van der Waals surface area contributed by atoms with Crippen LogP contribution in [0.3, 0.4) is 0 Å². The number of hydrogen-bond donors (Lipinski definition) is 1. The van der Waals surface area contributed by atoms with E-state index in [0.29, 0.717) is 0 Å². The van der Waals surface area contributed by atoms with E-state index in [1.54, 1.807) is 0 Å². The van der Waals surface area contributed by atoms with Crippen molar-refractivity contribution >= 4 is 0 Å². The van der Waals surface area contributed by atoms with Crippen LogP contribution in [0.4, 0.5) is 0 Å². The summed E-state index contributed by atoms with van der Waals surface area (Å²) in [6.07, 6.45) is 0.851. The lowest BCUT2D eigenvalue weighted by atomic mass is 10.0. The maximum atomic E-state index is 6.08. The molecular formula is C15H26N2. The highest BCUT2D eigenvalue weighted by molar-refractivity contribution is 5.18. The van der Waals surface area contributed by atoms with Gasteiger partial charge in [0.1, 0.15) is 0 Å². The van der Waals surface area contributed by atoms with Crippen molar-refractivity contribution in [1.82, 2.24) is 4.90 Å². The van der Waals surface area contributed by atoms with Crippen molar-refractivity contribution in [2.45, 2.75) is 33.2 Å². The van der Waals surface area contributed by atoms with Gasteiger partial charge in [0.15, 0.2) is 0 Å². The number of likely N-dealkylation sites (N-methyl/N-ethyl adjacent to an activating group) is 1. The van der Waals surface area contributed by atoms with Crippen LogP contribution in [-0.4, -0.2) is 24.5 Å². The Morgan fingerprint density at radius 1 is 1.29 bits per heavy atom. The molecule has 0 aliphatic heterocycles. The average Bonchev–Trinajstić information content (AvgIpc) is 2.40. The molecule has 0 fully saturated rings. The van der Waals surface area contributed by atoms with Gasteiger partial charge >= 0.3 is 0 Å². The van der Waals surface area contributed by atoms with Crippen molar-refractivity contribution < 1.29 is 0 Å². The van der Waals surface area contributed by atoms with E-state index in [9.17, 15) is 0 Å². The molecule has 0 radical (unpaired) electrons. The molecule has 0 amide bonds. The van der Waals surface area contributed by atoms with Gasteiger partial charge in [-0.2, -0.15) is 0 Å². The summed E-state index contributed by atoms with van der Waals surface area (Å²) in [6.45, 7) is 11.1. The molecule has 0 unspecified atom stereocenters. The van der Waals surface area contributed by atoms with Gasteiger partial charge in [0.25, 0.3) is 0 Å². The minimum Gasteiger partial charge on any atom is -0.377 e. The molecule has 0 spiro atoms. The quantitative estimate of drug-likeness (QED) is 0.848. The maximum absolute atomic E-state index is 6.08. The summed E-state index contributed by atoms with van der Waals surface area (Å²) in [5.41, 5.74) is 8.35. The van der Waals surface area contributed by atoms with Crippen molar-refractivity contribution in [2.24, 2.45) is 5.73 Å². The molecule has 0 aliphatic rings. The third-order valence-corrected chi connectivity index (χ3v) is 2.69. The fourth-order valence-corrected chi connectivity index (χ4v) is 1.47. The number of rotatable bonds is 5. The Labute approximate surface area is 106 Å². The van der Waals surface area contributed by atoms with Gasteiger partial charge in [-0.05, 0) is 18.9 Å². The largest absolute Gasteiger partial charge is 0.377 e. The Hall–Kier alpha value is -1.28. The topological polar surface area (TPSA) is 29.3 Å². The second-order valence-corrected chi connectivity index (χ2v) is 3.80. The number of nitrogens with zero attached hydrogens (tertiary/aromatic N) is 1. The van der Waals surface area contributed by atoms with Crippen LogP contribution in [-0.2, 0) is 6.42 Å². The van der Waals surface area contributed by atoms with E-state index in [1.807, 2.05) is 39.1 Å². The third kappa shape index (κ3) is 5.55. The van der Waals surface area contributed by atoms with Crippen molar-refractivity contribution in [1.29, 1.82) is 0 Å². The van der Waals surface area contributed by atoms with Crippen molar-refractivity contribution in [2.75, 3.05) is 13.6 Å². The molecule has 0 saturated carbocycles. The summed E-state index contributed by atoms with van der Waals surface area (Å²) in [7, 11) is 2.02. The normalized spacial score (nSPS) is 11.1. The Morgan fingerprint density at radius 3 is 2.29 bits per heavy atom. The van der Waals surface area contributed by atoms with E-state index in [2.05, 4.69) is 30.5 Å². The zero-order valence-corrected chi connectivity index (χ0v) is 11.6. The first-order valence-electron chi connectivity index (χ1n) is 6.34. The molecule has 1 aromatic rings. The molecule has 2 nitrogen and oxygen atoms in total. The van der Waals surface area contributed by atoms with Crippen LogP contribution in [0.15, 0.2) is 42.6 Å². The molecule has 0 saturated heterocycles. The summed E-state index contributed by atoms with van der Waals surface area (Å²) in [5.74, 6) is 0. The highest BCUT2D eigenvalue weighted by Crippen LogP contribution is 2.09. The lowest BCUT2D eigenvalue weighted by Gasteiger charge is -2.24. The molecule has 0 bridgehead atoms. The Morgan fingerprint density at radius 2 is 1.82 bits per heavy atom. The lowest BCUT2D eigenvalue weighted by Crippen LogP contribution is -2.33. The Kier molecular flexibility index (Phi) is 8.16. The van der Waals surface area contributed by atoms with Gasteiger partial charge in [-0.25, -0.2) is 0 Å². The second-order valence-electron chi connectivity index (χ2n) is 3.80. The minimum absolute atomic E-state index is 0.0114. The predicted molar refractivity (Wildman–Crippen MR) is 76.9 cm³/mol. The van der Waals surface area contributed by atoms with Gasteiger partial charge in [-0.15, -0.1) is 0 Å². The summed E-state index contributed by atoms with van der Waals surface area (Å²) in [5, 5.41) is 0. The van der Waals surface area contributed by atoms with Crippen LogP contribution in [0.5, 0.6) is 0 Å². The lowest BCUT2D eigenvalue weighted by molar-refractivity contribution is 0.406. The van der Waals surface area contributed by atoms with Crippen LogP contribution < -0.4 is 5.73 Å². The molecule has 96 valence electrons. The minimum atomic E-state index is 0.0114. The fourth-order valence-electron chi connectivity index (χ4n) is 1.47. The van der Waals surface area contributed by atoms with Crippen molar-refractivity contribution in [3.05, 3.63) is 48.2 Å². The molecular weight excluding hydrogens is 208 g/mol. The Balaban J connectivity index is 0.00000121. The zero-order chi connectivity index (χ0) is 13.3. The SMILES string of the molecule is C=C([C@@H](N)Cc1ccccc1)N(C)CC.CC. The molecule has 17 heavy (non-hydrogen) atoms. The zero-order valence-electron chi connectivity index (χ0n) is 11.6. The van der Waals surface area contributed by atoms with Crippen LogP contribution >= 0.6 is 0 Å². The third-order valence-electron chi connectivity index (χ3n) is 2.69. The molecule has 0 heterocycles. The van der Waals surface area contributed by atoms with E-state index >= 15 is 0 Å². The second kappa shape index (κ2) is 8.82. The highest BCUT2D eigenvalue weighted by atomic mass is 15.1. The average molecular weight is 234 g/mol. The monoisotopic (exact) mass is 234 g/mol. The Bertz CT molecular complexity index is 306. The van der Waals surface area contributed by atoms with Crippen molar-refractivity contribution in [3.8, 4) is 0 Å². The summed E-state index contributed by atoms with van der Waals surface area (Å²) < 4.78 is 0. The van der Waals surface area contributed by atoms with Gasteiger partial charge in [-0.1, -0.05) is 50.8 Å². The summed E-state index contributed by atoms with van der Waals surface area (Å²) >= 11 is 0. The van der Waals surface area contributed by atoms with Gasteiger partial charge in [0, 0.05) is 25.3 Å². The standard InChI is InChI=1S/C13H20N2.C2H6/c1-4-15(3)11(2)13(14)10-12-8-6-5-7-9-12;1-2/h5-9,13H,2,4,10,14H2,1,3H3;1-2H3/t13-;/m0./s1. The maximum Gasteiger partial charge on any atom is 0.0481 e. The fraction of sp³-hybridized carbons (Fsp3) is 0.467. The van der Waals surface area contributed by atoms with E-state index < -0.39 is 0 Å². The van der Waals surface area contributed by atoms with E-state index in [0.717, 1.165) is 18.7 Å². The van der Waals surface area contributed by atoms with Crippen LogP contribution in [0.25, 0.3) is 0 Å². The van der Waals surface area contributed by atoms with Gasteiger partial charge in [0.2, 0.25) is 0 Å². The molecule has 2 heteroatoms. The first kappa shape index (κ1) is 15.7. The predicted octanol–water partition coefficient (Wildman–Crippen LogP) is 3.05. The van der Waals surface area contributed by atoms with E-state index in [4.69, 9.17) is 5.73 Å². The highest BCUT2D eigenvalue weighted by Gasteiger charge is 2.10. The van der Waals surface area contributed by atoms with E-state index in [1.165, 1.54) is 5.56 Å².